The number of hydrogen-bond acceptors (Lipinski definition) is 7. The molecular weight excluding hydrogens is 528 g/mol. The van der Waals surface area contributed by atoms with Crippen LogP contribution in [0.15, 0.2) is 36.4 Å². The van der Waals surface area contributed by atoms with Crippen molar-refractivity contribution >= 4 is 23.8 Å². The summed E-state index contributed by atoms with van der Waals surface area (Å²) in [4.78, 5) is 62.8. The highest BCUT2D eigenvalue weighted by Crippen LogP contribution is 2.25. The largest absolute Gasteiger partial charge is 0.481 e. The summed E-state index contributed by atoms with van der Waals surface area (Å²) in [5.74, 6) is -1.51. The normalized spacial score (nSPS) is 16.4. The number of ether oxygens (including phenoxy) is 1. The van der Waals surface area contributed by atoms with Crippen molar-refractivity contribution in [1.82, 2.24) is 30.4 Å². The van der Waals surface area contributed by atoms with E-state index < -0.39 is 23.8 Å². The molecule has 4 amide bonds. The maximum atomic E-state index is 13.5. The Balaban J connectivity index is 1.50. The van der Waals surface area contributed by atoms with Crippen molar-refractivity contribution in [2.45, 2.75) is 70.6 Å². The van der Waals surface area contributed by atoms with Crippen molar-refractivity contribution in [1.29, 1.82) is 0 Å². The Labute approximate surface area is 239 Å². The quantitative estimate of drug-likeness (QED) is 0.397. The molecule has 1 saturated carbocycles. The van der Waals surface area contributed by atoms with Gasteiger partial charge in [-0.15, -0.1) is 0 Å². The number of benzene rings is 1. The number of carboxylic acids is 1. The molecule has 3 N–H and O–H groups in total. The second-order valence-corrected chi connectivity index (χ2v) is 10.7. The number of carboxylic acid groups (broad SMARTS) is 1. The summed E-state index contributed by atoms with van der Waals surface area (Å²) >= 11 is 0. The Kier molecular flexibility index (Phi) is 10.1. The monoisotopic (exact) mass is 566 g/mol. The van der Waals surface area contributed by atoms with E-state index in [1.807, 2.05) is 44.2 Å². The molecule has 1 atom stereocenters. The molecule has 0 spiro atoms. The van der Waals surface area contributed by atoms with Crippen molar-refractivity contribution in [3.8, 4) is 17.3 Å². The third-order valence-electron chi connectivity index (χ3n) is 7.10. The highest BCUT2D eigenvalue weighted by atomic mass is 16.5. The van der Waals surface area contributed by atoms with Crippen molar-refractivity contribution in [3.63, 3.8) is 0 Å². The molecule has 2 heterocycles. The van der Waals surface area contributed by atoms with E-state index in [4.69, 9.17) is 4.74 Å². The SMILES string of the molecule is CC(C)NC(=O)N1CCN(C(=O)C(CCC(=O)O)NC(=O)c2cc(OC3CCCC3)nc(-c3ccccc3)n2)CC1. The number of aromatic nitrogens is 2. The Morgan fingerprint density at radius 3 is 2.27 bits per heavy atom. The predicted molar refractivity (Wildman–Crippen MR) is 150 cm³/mol. The fraction of sp³-hybridized carbons (Fsp3) is 0.517. The third-order valence-corrected chi connectivity index (χ3v) is 7.10. The van der Waals surface area contributed by atoms with Gasteiger partial charge in [-0.3, -0.25) is 14.4 Å². The Morgan fingerprint density at radius 1 is 0.976 bits per heavy atom. The van der Waals surface area contributed by atoms with Gasteiger partial charge in [0.25, 0.3) is 5.91 Å². The maximum Gasteiger partial charge on any atom is 0.317 e. The van der Waals surface area contributed by atoms with Crippen LogP contribution in [0.25, 0.3) is 11.4 Å². The molecule has 4 rings (SSSR count). The highest BCUT2D eigenvalue weighted by molar-refractivity contribution is 5.96. The van der Waals surface area contributed by atoms with Crippen LogP contribution in [0.1, 0.15) is 62.9 Å². The molecule has 1 saturated heterocycles. The minimum absolute atomic E-state index is 0.00828. The molecule has 1 aromatic carbocycles. The molecule has 1 aromatic heterocycles. The molecule has 220 valence electrons. The van der Waals surface area contributed by atoms with Crippen LogP contribution in [0, 0.1) is 0 Å². The minimum atomic E-state index is -1.08. The van der Waals surface area contributed by atoms with E-state index in [0.717, 1.165) is 25.7 Å². The van der Waals surface area contributed by atoms with Crippen molar-refractivity contribution in [3.05, 3.63) is 42.1 Å². The van der Waals surface area contributed by atoms with Gasteiger partial charge >= 0.3 is 12.0 Å². The van der Waals surface area contributed by atoms with E-state index in [2.05, 4.69) is 20.6 Å². The molecule has 12 nitrogen and oxygen atoms in total. The van der Waals surface area contributed by atoms with Crippen molar-refractivity contribution in [2.75, 3.05) is 26.2 Å². The fourth-order valence-corrected chi connectivity index (χ4v) is 4.94. The first-order chi connectivity index (χ1) is 19.7. The van der Waals surface area contributed by atoms with Gasteiger partial charge in [0.15, 0.2) is 5.82 Å². The predicted octanol–water partition coefficient (Wildman–Crippen LogP) is 2.69. The number of nitrogens with zero attached hydrogens (tertiary/aromatic N) is 4. The average Bonchev–Trinajstić information content (AvgIpc) is 3.47. The lowest BCUT2D eigenvalue weighted by atomic mass is 10.1. The molecular formula is C29H38N6O6. The van der Waals surface area contributed by atoms with E-state index >= 15 is 0 Å². The van der Waals surface area contributed by atoms with E-state index in [1.54, 1.807) is 9.80 Å². The summed E-state index contributed by atoms with van der Waals surface area (Å²) in [7, 11) is 0. The lowest BCUT2D eigenvalue weighted by Gasteiger charge is -2.36. The van der Waals surface area contributed by atoms with Gasteiger partial charge in [0.05, 0.1) is 0 Å². The standard InChI is InChI=1S/C29H38N6O6/c1-19(2)30-29(40)35-16-14-34(15-17-35)28(39)22(12-13-25(36)37)32-27(38)23-18-24(41-21-10-6-7-11-21)33-26(31-23)20-8-4-3-5-9-20/h3-5,8-9,18-19,21-22H,6-7,10-17H2,1-2H3,(H,30,40)(H,32,38)(H,36,37). The molecule has 1 aliphatic heterocycles. The van der Waals surface area contributed by atoms with Crippen molar-refractivity contribution in [2.24, 2.45) is 0 Å². The van der Waals surface area contributed by atoms with Crippen LogP contribution in [-0.2, 0) is 9.59 Å². The van der Waals surface area contributed by atoms with Crippen LogP contribution in [0.3, 0.4) is 0 Å². The van der Waals surface area contributed by atoms with Crippen LogP contribution >= 0.6 is 0 Å². The summed E-state index contributed by atoms with van der Waals surface area (Å²) in [6, 6.07) is 9.39. The van der Waals surface area contributed by atoms with Gasteiger partial charge in [-0.05, 0) is 46.0 Å². The van der Waals surface area contributed by atoms with Gasteiger partial charge in [-0.2, -0.15) is 4.98 Å². The number of aliphatic carboxylic acids is 1. The van der Waals surface area contributed by atoms with Crippen LogP contribution in [0.2, 0.25) is 0 Å². The second kappa shape index (κ2) is 13.9. The van der Waals surface area contributed by atoms with Crippen molar-refractivity contribution < 1.29 is 29.0 Å². The topological polar surface area (TPSA) is 154 Å². The van der Waals surface area contributed by atoms with Gasteiger partial charge in [-0.1, -0.05) is 30.3 Å². The number of rotatable bonds is 10. The average molecular weight is 567 g/mol. The number of nitrogens with one attached hydrogen (secondary N) is 2. The lowest BCUT2D eigenvalue weighted by Crippen LogP contribution is -2.57. The first-order valence-corrected chi connectivity index (χ1v) is 14.2. The minimum Gasteiger partial charge on any atom is -0.481 e. The van der Waals surface area contributed by atoms with Crippen LogP contribution in [0.4, 0.5) is 4.79 Å². The van der Waals surface area contributed by atoms with Crippen LogP contribution < -0.4 is 15.4 Å². The molecule has 0 radical (unpaired) electrons. The zero-order chi connectivity index (χ0) is 29.4. The number of hydrogen-bond donors (Lipinski definition) is 3. The molecule has 41 heavy (non-hydrogen) atoms. The van der Waals surface area contributed by atoms with Gasteiger partial charge in [0.1, 0.15) is 17.8 Å². The maximum absolute atomic E-state index is 13.5. The molecule has 0 bridgehead atoms. The number of amides is 4. The number of urea groups is 1. The molecule has 2 aliphatic rings. The smallest absolute Gasteiger partial charge is 0.317 e. The van der Waals surface area contributed by atoms with Crippen LogP contribution in [-0.4, -0.2) is 93.1 Å². The number of piperazine rings is 1. The Hall–Kier alpha value is -4.22. The third kappa shape index (κ3) is 8.38. The zero-order valence-electron chi connectivity index (χ0n) is 23.5. The van der Waals surface area contributed by atoms with Crippen LogP contribution in [0.5, 0.6) is 5.88 Å². The summed E-state index contributed by atoms with van der Waals surface area (Å²) in [6.45, 7) is 4.95. The van der Waals surface area contributed by atoms with E-state index in [1.165, 1.54) is 6.07 Å². The molecule has 2 fully saturated rings. The van der Waals surface area contributed by atoms with Gasteiger partial charge < -0.3 is 30.3 Å². The summed E-state index contributed by atoms with van der Waals surface area (Å²) < 4.78 is 6.09. The Morgan fingerprint density at radius 2 is 1.63 bits per heavy atom. The highest BCUT2D eigenvalue weighted by Gasteiger charge is 2.31. The zero-order valence-corrected chi connectivity index (χ0v) is 23.5. The molecule has 1 unspecified atom stereocenters. The van der Waals surface area contributed by atoms with E-state index in [0.29, 0.717) is 24.5 Å². The summed E-state index contributed by atoms with van der Waals surface area (Å²) in [5.41, 5.74) is 0.728. The summed E-state index contributed by atoms with van der Waals surface area (Å²) in [5, 5.41) is 14.8. The number of carbonyl (C=O) groups is 4. The summed E-state index contributed by atoms with van der Waals surface area (Å²) in [6.07, 6.45) is 3.57. The van der Waals surface area contributed by atoms with E-state index in [9.17, 15) is 24.3 Å². The molecule has 12 heteroatoms. The molecule has 1 aliphatic carbocycles. The number of carbonyl (C=O) groups excluding carboxylic acids is 3. The van der Waals surface area contributed by atoms with Gasteiger partial charge in [0, 0.05) is 50.3 Å². The second-order valence-electron chi connectivity index (χ2n) is 10.7. The first kappa shape index (κ1) is 29.8. The first-order valence-electron chi connectivity index (χ1n) is 14.2. The van der Waals surface area contributed by atoms with Gasteiger partial charge in [-0.25, -0.2) is 9.78 Å². The van der Waals surface area contributed by atoms with Gasteiger partial charge in [0.2, 0.25) is 11.8 Å². The fourth-order valence-electron chi connectivity index (χ4n) is 4.94. The van der Waals surface area contributed by atoms with E-state index in [-0.39, 0.29) is 55.7 Å². The Bertz CT molecular complexity index is 1230. The molecule has 2 aromatic rings. The lowest BCUT2D eigenvalue weighted by molar-refractivity contribution is -0.138.